The Balaban J connectivity index is 1.88. The second-order valence-corrected chi connectivity index (χ2v) is 5.81. The molecule has 0 radical (unpaired) electrons. The fourth-order valence-electron chi connectivity index (χ4n) is 2.03. The number of nitrogens with one attached hydrogen (secondary N) is 1. The number of nitrogens with zero attached hydrogens (tertiary/aromatic N) is 1. The lowest BCUT2D eigenvalue weighted by atomic mass is 10.2. The summed E-state index contributed by atoms with van der Waals surface area (Å²) < 4.78 is 6.14. The Morgan fingerprint density at radius 1 is 1.25 bits per heavy atom. The molecule has 0 aliphatic carbocycles. The summed E-state index contributed by atoms with van der Waals surface area (Å²) in [5.74, 6) is -1.59. The first kappa shape index (κ1) is 15.8. The zero-order valence-electron chi connectivity index (χ0n) is 12.2. The highest BCUT2D eigenvalue weighted by Crippen LogP contribution is 2.39. The van der Waals surface area contributed by atoms with Gasteiger partial charge < -0.3 is 20.3 Å². The Hall–Kier alpha value is -3.13. The first-order chi connectivity index (χ1) is 11.5. The van der Waals surface area contributed by atoms with Gasteiger partial charge in [-0.05, 0) is 12.1 Å². The molecule has 24 heavy (non-hydrogen) atoms. The lowest BCUT2D eigenvalue weighted by Crippen LogP contribution is -2.29. The van der Waals surface area contributed by atoms with Crippen LogP contribution in [0.5, 0.6) is 16.6 Å². The van der Waals surface area contributed by atoms with Gasteiger partial charge in [-0.1, -0.05) is 29.5 Å². The summed E-state index contributed by atoms with van der Waals surface area (Å²) in [6.07, 6.45) is 1.43. The van der Waals surface area contributed by atoms with E-state index in [0.717, 1.165) is 0 Å². The molecule has 0 saturated carbocycles. The highest BCUT2D eigenvalue weighted by Gasteiger charge is 2.18. The Bertz CT molecular complexity index is 907. The number of benzene rings is 1. The second kappa shape index (κ2) is 6.55. The molecule has 0 aliphatic rings. The lowest BCUT2D eigenvalue weighted by molar-refractivity contribution is -0.135. The number of carbonyl (C=O) groups is 2. The molecule has 0 aliphatic heterocycles. The number of amides is 1. The van der Waals surface area contributed by atoms with Crippen LogP contribution >= 0.6 is 11.3 Å². The molecule has 7 nitrogen and oxygen atoms in total. The number of para-hydroxylation sites is 1. The number of aliphatic carboxylic acids is 1. The maximum Gasteiger partial charge on any atom is 0.322 e. The van der Waals surface area contributed by atoms with Gasteiger partial charge >= 0.3 is 5.97 Å². The van der Waals surface area contributed by atoms with Crippen LogP contribution in [0.3, 0.4) is 0 Å². The van der Waals surface area contributed by atoms with Gasteiger partial charge in [-0.2, -0.15) is 0 Å². The van der Waals surface area contributed by atoms with Crippen LogP contribution in [0.1, 0.15) is 10.5 Å². The summed E-state index contributed by atoms with van der Waals surface area (Å²) in [5, 5.41) is 22.2. The molecule has 0 fully saturated rings. The summed E-state index contributed by atoms with van der Waals surface area (Å²) in [4.78, 5) is 26.3. The number of aromatic hydroxyl groups is 1. The Morgan fingerprint density at radius 3 is 2.71 bits per heavy atom. The number of rotatable bonds is 5. The molecule has 0 saturated heterocycles. The average molecular weight is 344 g/mol. The van der Waals surface area contributed by atoms with Crippen molar-refractivity contribution in [3.8, 4) is 16.6 Å². The van der Waals surface area contributed by atoms with Gasteiger partial charge in [0.05, 0.1) is 4.70 Å². The van der Waals surface area contributed by atoms with Crippen molar-refractivity contribution in [2.75, 3.05) is 6.54 Å². The van der Waals surface area contributed by atoms with Gasteiger partial charge in [-0.3, -0.25) is 9.59 Å². The van der Waals surface area contributed by atoms with E-state index in [4.69, 9.17) is 9.84 Å². The van der Waals surface area contributed by atoms with Gasteiger partial charge in [-0.15, -0.1) is 0 Å². The first-order valence-corrected chi connectivity index (χ1v) is 7.70. The number of hydrogen-bond acceptors (Lipinski definition) is 6. The highest BCUT2D eigenvalue weighted by molar-refractivity contribution is 7.21. The zero-order chi connectivity index (χ0) is 17.1. The van der Waals surface area contributed by atoms with Gasteiger partial charge in [0.15, 0.2) is 16.5 Å². The van der Waals surface area contributed by atoms with E-state index in [-0.39, 0.29) is 11.4 Å². The molecule has 3 N–H and O–H groups in total. The minimum absolute atomic E-state index is 0.225. The molecule has 2 heterocycles. The minimum atomic E-state index is -1.18. The molecule has 0 spiro atoms. The van der Waals surface area contributed by atoms with E-state index < -0.39 is 18.4 Å². The van der Waals surface area contributed by atoms with E-state index in [1.165, 1.54) is 17.5 Å². The standard InChI is InChI=1S/C16H12N2O5S/c19-11(20)8-18-16(22)13-14(21)15-9(7-17-13)6-12(24-15)23-10-4-2-1-3-5-10/h1-7,21H,8H2,(H,18,22)(H,19,20). The predicted molar refractivity (Wildman–Crippen MR) is 87.8 cm³/mol. The van der Waals surface area contributed by atoms with E-state index in [1.54, 1.807) is 18.2 Å². The molecule has 0 unspecified atom stereocenters. The molecule has 3 aromatic rings. The highest BCUT2D eigenvalue weighted by atomic mass is 32.1. The largest absolute Gasteiger partial charge is 0.504 e. The van der Waals surface area contributed by atoms with Crippen LogP contribution < -0.4 is 10.1 Å². The maximum absolute atomic E-state index is 11.9. The van der Waals surface area contributed by atoms with Gasteiger partial charge in [-0.25, -0.2) is 4.98 Å². The molecule has 8 heteroatoms. The minimum Gasteiger partial charge on any atom is -0.504 e. The van der Waals surface area contributed by atoms with Gasteiger partial charge in [0.1, 0.15) is 12.3 Å². The summed E-state index contributed by atoms with van der Waals surface area (Å²) in [6, 6.07) is 10.9. The smallest absolute Gasteiger partial charge is 0.322 e. The Labute approximate surface area is 140 Å². The number of thiophene rings is 1. The van der Waals surface area contributed by atoms with Crippen molar-refractivity contribution in [1.29, 1.82) is 0 Å². The van der Waals surface area contributed by atoms with Crippen LogP contribution in [-0.2, 0) is 4.79 Å². The first-order valence-electron chi connectivity index (χ1n) is 6.89. The van der Waals surface area contributed by atoms with Gasteiger partial charge in [0.2, 0.25) is 0 Å². The second-order valence-electron chi connectivity index (χ2n) is 4.80. The number of pyridine rings is 1. The van der Waals surface area contributed by atoms with Crippen molar-refractivity contribution in [3.63, 3.8) is 0 Å². The molecule has 122 valence electrons. The van der Waals surface area contributed by atoms with E-state index in [2.05, 4.69) is 10.3 Å². The predicted octanol–water partition coefficient (Wildman–Crippen LogP) is 2.61. The molecule has 0 bridgehead atoms. The normalized spacial score (nSPS) is 10.5. The molecule has 1 amide bonds. The Morgan fingerprint density at radius 2 is 2.00 bits per heavy atom. The van der Waals surface area contributed by atoms with Crippen LogP contribution in [0.25, 0.3) is 10.1 Å². The van der Waals surface area contributed by atoms with Crippen molar-refractivity contribution in [1.82, 2.24) is 10.3 Å². The quantitative estimate of drug-likeness (QED) is 0.656. The third-order valence-corrected chi connectivity index (χ3v) is 4.12. The monoisotopic (exact) mass is 344 g/mol. The zero-order valence-corrected chi connectivity index (χ0v) is 13.0. The third kappa shape index (κ3) is 3.28. The summed E-state index contributed by atoms with van der Waals surface area (Å²) >= 11 is 1.17. The Kier molecular flexibility index (Phi) is 4.30. The van der Waals surface area contributed by atoms with Crippen molar-refractivity contribution in [3.05, 3.63) is 48.3 Å². The van der Waals surface area contributed by atoms with E-state index in [1.807, 2.05) is 18.2 Å². The molecule has 3 rings (SSSR count). The number of carboxylic acid groups (broad SMARTS) is 1. The fourth-order valence-corrected chi connectivity index (χ4v) is 2.97. The number of ether oxygens (including phenoxy) is 1. The van der Waals surface area contributed by atoms with Crippen LogP contribution in [0, 0.1) is 0 Å². The van der Waals surface area contributed by atoms with E-state index in [0.29, 0.717) is 20.9 Å². The van der Waals surface area contributed by atoms with Crippen LogP contribution in [0.4, 0.5) is 0 Å². The SMILES string of the molecule is O=C(O)CNC(=O)c1ncc2cc(Oc3ccccc3)sc2c1O. The van der Waals surface area contributed by atoms with Crippen molar-refractivity contribution < 1.29 is 24.5 Å². The van der Waals surface area contributed by atoms with Crippen LogP contribution in [0.15, 0.2) is 42.6 Å². The van der Waals surface area contributed by atoms with Gasteiger partial charge in [0, 0.05) is 17.6 Å². The van der Waals surface area contributed by atoms with Crippen molar-refractivity contribution in [2.45, 2.75) is 0 Å². The lowest BCUT2D eigenvalue weighted by Gasteiger charge is -2.04. The van der Waals surface area contributed by atoms with Crippen molar-refractivity contribution in [2.24, 2.45) is 0 Å². The fraction of sp³-hybridized carbons (Fsp3) is 0.0625. The number of aromatic nitrogens is 1. The van der Waals surface area contributed by atoms with Crippen LogP contribution in [0.2, 0.25) is 0 Å². The molecule has 1 aromatic carbocycles. The van der Waals surface area contributed by atoms with E-state index in [9.17, 15) is 14.7 Å². The van der Waals surface area contributed by atoms with Crippen molar-refractivity contribution >= 4 is 33.3 Å². The molecular weight excluding hydrogens is 332 g/mol. The summed E-state index contributed by atoms with van der Waals surface area (Å²) in [5.41, 5.74) is -0.225. The number of carbonyl (C=O) groups excluding carboxylic acids is 1. The third-order valence-electron chi connectivity index (χ3n) is 3.09. The average Bonchev–Trinajstić information content (AvgIpc) is 2.97. The molecule has 2 aromatic heterocycles. The molecule has 0 atom stereocenters. The van der Waals surface area contributed by atoms with Crippen LogP contribution in [-0.4, -0.2) is 33.6 Å². The van der Waals surface area contributed by atoms with E-state index >= 15 is 0 Å². The summed E-state index contributed by atoms with van der Waals surface area (Å²) in [7, 11) is 0. The van der Waals surface area contributed by atoms with Gasteiger partial charge in [0.25, 0.3) is 5.91 Å². The number of fused-ring (bicyclic) bond motifs is 1. The number of hydrogen-bond donors (Lipinski definition) is 3. The number of carboxylic acids is 1. The maximum atomic E-state index is 11.9. The topological polar surface area (TPSA) is 109 Å². The summed E-state index contributed by atoms with van der Waals surface area (Å²) in [6.45, 7) is -0.551. The molecular formula is C16H12N2O5S.